The molecule has 1 N–H and O–H groups in total. The van der Waals surface area contributed by atoms with E-state index in [1.165, 1.54) is 12.8 Å². The van der Waals surface area contributed by atoms with E-state index < -0.39 is 0 Å². The number of fused-ring (bicyclic) bond motifs is 1. The number of carbonyl (C=O) groups excluding carboxylic acids is 1. The van der Waals surface area contributed by atoms with Gasteiger partial charge in [0.25, 0.3) is 5.91 Å². The lowest BCUT2D eigenvalue weighted by Crippen LogP contribution is -2.29. The number of hydrogen-bond acceptors (Lipinski definition) is 3. The lowest BCUT2D eigenvalue weighted by atomic mass is 9.92. The number of amides is 1. The minimum atomic E-state index is 0.0519. The molecule has 0 aliphatic carbocycles. The van der Waals surface area contributed by atoms with Crippen molar-refractivity contribution < 1.29 is 9.21 Å². The Morgan fingerprint density at radius 1 is 1.29 bits per heavy atom. The predicted molar refractivity (Wildman–Crippen MR) is 63.7 cm³/mol. The Balaban J connectivity index is 1.69. The highest BCUT2D eigenvalue weighted by Crippen LogP contribution is 2.30. The molecule has 1 aromatic heterocycles. The van der Waals surface area contributed by atoms with Crippen molar-refractivity contribution in [1.29, 1.82) is 0 Å². The third-order valence-corrected chi connectivity index (χ3v) is 3.98. The monoisotopic (exact) mass is 234 g/mol. The Morgan fingerprint density at radius 2 is 2.00 bits per heavy atom. The fraction of sp³-hybridized carbons (Fsp3) is 0.615. The van der Waals surface area contributed by atoms with Gasteiger partial charge in [-0.15, -0.1) is 0 Å². The second kappa shape index (κ2) is 4.53. The molecule has 92 valence electrons. The summed E-state index contributed by atoms with van der Waals surface area (Å²) in [5.41, 5.74) is 0. The van der Waals surface area contributed by atoms with Gasteiger partial charge in [0, 0.05) is 13.1 Å². The van der Waals surface area contributed by atoms with E-state index in [1.54, 1.807) is 18.4 Å². The molecule has 1 aromatic rings. The zero-order chi connectivity index (χ0) is 11.7. The molecule has 2 aliphatic heterocycles. The minimum Gasteiger partial charge on any atom is -0.459 e. The molecule has 2 unspecified atom stereocenters. The number of likely N-dealkylation sites (tertiary alicyclic amines) is 1. The van der Waals surface area contributed by atoms with Crippen LogP contribution in [0.3, 0.4) is 0 Å². The molecule has 0 saturated carbocycles. The summed E-state index contributed by atoms with van der Waals surface area (Å²) in [6.45, 7) is 3.96. The van der Waals surface area contributed by atoms with E-state index in [1.807, 2.05) is 4.90 Å². The predicted octanol–water partition coefficient (Wildman–Crippen LogP) is 1.35. The Bertz CT molecular complexity index is 374. The van der Waals surface area contributed by atoms with E-state index in [0.29, 0.717) is 17.6 Å². The van der Waals surface area contributed by atoms with Gasteiger partial charge in [-0.3, -0.25) is 4.79 Å². The summed E-state index contributed by atoms with van der Waals surface area (Å²) in [6.07, 6.45) is 3.94. The Labute approximate surface area is 101 Å². The highest BCUT2D eigenvalue weighted by Gasteiger charge is 2.36. The summed E-state index contributed by atoms with van der Waals surface area (Å²) in [6, 6.07) is 3.52. The Morgan fingerprint density at radius 3 is 2.59 bits per heavy atom. The molecule has 0 bridgehead atoms. The van der Waals surface area contributed by atoms with Gasteiger partial charge in [-0.1, -0.05) is 0 Å². The minimum absolute atomic E-state index is 0.0519. The molecular weight excluding hydrogens is 216 g/mol. The first-order valence-electron chi connectivity index (χ1n) is 6.38. The van der Waals surface area contributed by atoms with Crippen molar-refractivity contribution in [2.45, 2.75) is 12.8 Å². The van der Waals surface area contributed by atoms with Crippen LogP contribution < -0.4 is 5.32 Å². The maximum atomic E-state index is 12.2. The second-order valence-electron chi connectivity index (χ2n) is 5.03. The van der Waals surface area contributed by atoms with Gasteiger partial charge in [-0.2, -0.15) is 0 Å². The average Bonchev–Trinajstić information content (AvgIpc) is 2.95. The molecule has 0 spiro atoms. The topological polar surface area (TPSA) is 45.5 Å². The number of nitrogens with zero attached hydrogens (tertiary/aromatic N) is 1. The lowest BCUT2D eigenvalue weighted by Gasteiger charge is -2.15. The number of nitrogens with one attached hydrogen (secondary N) is 1. The maximum absolute atomic E-state index is 12.2. The molecule has 3 heterocycles. The number of rotatable bonds is 1. The van der Waals surface area contributed by atoms with E-state index in [9.17, 15) is 4.79 Å². The van der Waals surface area contributed by atoms with Crippen molar-refractivity contribution in [3.63, 3.8) is 0 Å². The third kappa shape index (κ3) is 2.09. The Kier molecular flexibility index (Phi) is 2.89. The molecule has 3 rings (SSSR count). The van der Waals surface area contributed by atoms with Gasteiger partial charge < -0.3 is 14.6 Å². The molecule has 2 atom stereocenters. The van der Waals surface area contributed by atoms with Crippen LogP contribution in [-0.2, 0) is 0 Å². The van der Waals surface area contributed by atoms with E-state index in [-0.39, 0.29) is 5.91 Å². The largest absolute Gasteiger partial charge is 0.459 e. The summed E-state index contributed by atoms with van der Waals surface area (Å²) in [5.74, 6) is 1.86. The van der Waals surface area contributed by atoms with Gasteiger partial charge in [0.1, 0.15) is 0 Å². The molecule has 4 heteroatoms. The van der Waals surface area contributed by atoms with E-state index in [0.717, 1.165) is 26.2 Å². The average molecular weight is 234 g/mol. The molecule has 0 radical (unpaired) electrons. The molecule has 2 saturated heterocycles. The van der Waals surface area contributed by atoms with Gasteiger partial charge in [-0.05, 0) is 49.9 Å². The molecule has 2 aliphatic rings. The van der Waals surface area contributed by atoms with Gasteiger partial charge in [0.05, 0.1) is 6.26 Å². The summed E-state index contributed by atoms with van der Waals surface area (Å²) in [5, 5.41) is 3.43. The Hall–Kier alpha value is -1.29. The quantitative estimate of drug-likeness (QED) is 0.798. The zero-order valence-corrected chi connectivity index (χ0v) is 9.89. The summed E-state index contributed by atoms with van der Waals surface area (Å²) >= 11 is 0. The molecular formula is C13H18N2O2. The van der Waals surface area contributed by atoms with Crippen molar-refractivity contribution in [3.8, 4) is 0 Å². The first kappa shape index (κ1) is 10.8. The van der Waals surface area contributed by atoms with E-state index in [2.05, 4.69) is 5.32 Å². The second-order valence-corrected chi connectivity index (χ2v) is 5.03. The normalized spacial score (nSPS) is 28.8. The maximum Gasteiger partial charge on any atom is 0.289 e. The first-order chi connectivity index (χ1) is 8.34. The molecule has 17 heavy (non-hydrogen) atoms. The summed E-state index contributed by atoms with van der Waals surface area (Å²) in [7, 11) is 0. The van der Waals surface area contributed by atoms with Crippen LogP contribution in [0.25, 0.3) is 0 Å². The third-order valence-electron chi connectivity index (χ3n) is 3.98. The van der Waals surface area contributed by atoms with Crippen molar-refractivity contribution in [2.24, 2.45) is 11.8 Å². The number of furan rings is 1. The van der Waals surface area contributed by atoms with Crippen LogP contribution in [0.1, 0.15) is 23.4 Å². The lowest BCUT2D eigenvalue weighted by molar-refractivity contribution is 0.0751. The SMILES string of the molecule is O=C(c1ccco1)N1CC2CCNCCC2C1. The number of carbonyl (C=O) groups is 1. The fourth-order valence-corrected chi connectivity index (χ4v) is 3.01. The van der Waals surface area contributed by atoms with Crippen LogP contribution in [0.4, 0.5) is 0 Å². The zero-order valence-electron chi connectivity index (χ0n) is 9.89. The van der Waals surface area contributed by atoms with Gasteiger partial charge >= 0.3 is 0 Å². The van der Waals surface area contributed by atoms with E-state index >= 15 is 0 Å². The van der Waals surface area contributed by atoms with Gasteiger partial charge in [0.2, 0.25) is 0 Å². The number of hydrogen-bond donors (Lipinski definition) is 1. The van der Waals surface area contributed by atoms with Crippen molar-refractivity contribution in [1.82, 2.24) is 10.2 Å². The highest BCUT2D eigenvalue weighted by molar-refractivity contribution is 5.91. The van der Waals surface area contributed by atoms with Crippen LogP contribution >= 0.6 is 0 Å². The summed E-state index contributed by atoms with van der Waals surface area (Å²) in [4.78, 5) is 14.1. The molecule has 2 fully saturated rings. The molecule has 1 amide bonds. The standard InChI is InChI=1S/C13H18N2O2/c16-13(12-2-1-7-17-12)15-8-10-3-5-14-6-4-11(10)9-15/h1-2,7,10-11,14H,3-6,8-9H2. The van der Waals surface area contributed by atoms with Crippen LogP contribution in [-0.4, -0.2) is 37.0 Å². The fourth-order valence-electron chi connectivity index (χ4n) is 3.01. The van der Waals surface area contributed by atoms with Crippen LogP contribution in [0.2, 0.25) is 0 Å². The molecule has 0 aromatic carbocycles. The van der Waals surface area contributed by atoms with Crippen molar-refractivity contribution in [3.05, 3.63) is 24.2 Å². The van der Waals surface area contributed by atoms with E-state index in [4.69, 9.17) is 4.42 Å². The van der Waals surface area contributed by atoms with Crippen LogP contribution in [0, 0.1) is 11.8 Å². The molecule has 4 nitrogen and oxygen atoms in total. The van der Waals surface area contributed by atoms with Crippen LogP contribution in [0.15, 0.2) is 22.8 Å². The smallest absolute Gasteiger partial charge is 0.289 e. The van der Waals surface area contributed by atoms with Gasteiger partial charge in [-0.25, -0.2) is 0 Å². The summed E-state index contributed by atoms with van der Waals surface area (Å²) < 4.78 is 5.18. The van der Waals surface area contributed by atoms with Crippen molar-refractivity contribution in [2.75, 3.05) is 26.2 Å². The van der Waals surface area contributed by atoms with Crippen molar-refractivity contribution >= 4 is 5.91 Å². The van der Waals surface area contributed by atoms with Gasteiger partial charge in [0.15, 0.2) is 5.76 Å². The van der Waals surface area contributed by atoms with Crippen LogP contribution in [0.5, 0.6) is 0 Å². The highest BCUT2D eigenvalue weighted by atomic mass is 16.3. The first-order valence-corrected chi connectivity index (χ1v) is 6.38.